The number of aliphatic imine (C=N–C) groups is 1. The molecule has 3 heteroatoms. The predicted octanol–water partition coefficient (Wildman–Crippen LogP) is 2.22. The topological polar surface area (TPSA) is 41.6 Å². The molecule has 0 aromatic carbocycles. The quantitative estimate of drug-likeness (QED) is 0.602. The lowest BCUT2D eigenvalue weighted by Crippen LogP contribution is -2.42. The number of rotatable bonds is 3. The van der Waals surface area contributed by atoms with Gasteiger partial charge in [-0.25, -0.2) is 0 Å². The van der Waals surface area contributed by atoms with Crippen molar-refractivity contribution in [2.75, 3.05) is 19.6 Å². The Morgan fingerprint density at radius 2 is 1.88 bits per heavy atom. The molecule has 0 radical (unpaired) electrons. The van der Waals surface area contributed by atoms with E-state index in [2.05, 4.69) is 16.8 Å². The normalized spacial score (nSPS) is 29.5. The predicted molar refractivity (Wildman–Crippen MR) is 70.9 cm³/mol. The van der Waals surface area contributed by atoms with Crippen molar-refractivity contribution in [1.29, 1.82) is 0 Å². The highest BCUT2D eigenvalue weighted by atomic mass is 15.3. The van der Waals surface area contributed by atoms with Gasteiger partial charge in [-0.2, -0.15) is 0 Å². The van der Waals surface area contributed by atoms with E-state index < -0.39 is 0 Å². The van der Waals surface area contributed by atoms with E-state index in [-0.39, 0.29) is 0 Å². The van der Waals surface area contributed by atoms with Gasteiger partial charge in [0.05, 0.1) is 0 Å². The summed E-state index contributed by atoms with van der Waals surface area (Å²) in [6.45, 7) is 5.53. The van der Waals surface area contributed by atoms with Gasteiger partial charge in [-0.05, 0) is 55.8 Å². The molecule has 0 spiro atoms. The molecule has 2 N–H and O–H groups in total. The summed E-state index contributed by atoms with van der Waals surface area (Å²) in [5.74, 6) is 2.66. The SMILES string of the molecule is CC1CCN(C(N)=NCC2(C3CC3)CC2)CC1. The van der Waals surface area contributed by atoms with E-state index in [1.165, 1.54) is 38.5 Å². The molecule has 0 atom stereocenters. The number of nitrogens with zero attached hydrogens (tertiary/aromatic N) is 2. The Hall–Kier alpha value is -0.730. The van der Waals surface area contributed by atoms with Gasteiger partial charge in [0.15, 0.2) is 5.96 Å². The Morgan fingerprint density at radius 3 is 2.41 bits per heavy atom. The number of likely N-dealkylation sites (tertiary alicyclic amines) is 1. The minimum atomic E-state index is 0.591. The van der Waals surface area contributed by atoms with Crippen molar-refractivity contribution in [1.82, 2.24) is 4.90 Å². The first kappa shape index (κ1) is 11.4. The molecule has 3 rings (SSSR count). The summed E-state index contributed by atoms with van der Waals surface area (Å²) in [5, 5.41) is 0. The number of nitrogens with two attached hydrogens (primary N) is 1. The molecule has 0 unspecified atom stereocenters. The molecule has 0 aromatic heterocycles. The van der Waals surface area contributed by atoms with Crippen molar-refractivity contribution >= 4 is 5.96 Å². The van der Waals surface area contributed by atoms with E-state index >= 15 is 0 Å². The third kappa shape index (κ3) is 2.43. The molecular formula is C14H25N3. The summed E-state index contributed by atoms with van der Waals surface area (Å²) in [5.41, 5.74) is 6.72. The Labute approximate surface area is 104 Å². The van der Waals surface area contributed by atoms with Gasteiger partial charge in [-0.15, -0.1) is 0 Å². The molecule has 1 aliphatic heterocycles. The van der Waals surface area contributed by atoms with Gasteiger partial charge in [0.25, 0.3) is 0 Å². The molecule has 3 fully saturated rings. The van der Waals surface area contributed by atoms with Crippen molar-refractivity contribution in [3.8, 4) is 0 Å². The molecule has 0 amide bonds. The molecule has 2 aliphatic carbocycles. The fourth-order valence-corrected chi connectivity index (χ4v) is 3.13. The van der Waals surface area contributed by atoms with Gasteiger partial charge in [-0.1, -0.05) is 6.92 Å². The van der Waals surface area contributed by atoms with Crippen LogP contribution in [0.5, 0.6) is 0 Å². The Kier molecular flexibility index (Phi) is 2.80. The van der Waals surface area contributed by atoms with E-state index in [0.29, 0.717) is 5.41 Å². The fraction of sp³-hybridized carbons (Fsp3) is 0.929. The van der Waals surface area contributed by atoms with E-state index in [0.717, 1.165) is 37.4 Å². The molecule has 17 heavy (non-hydrogen) atoms. The minimum absolute atomic E-state index is 0.591. The number of hydrogen-bond acceptors (Lipinski definition) is 1. The average molecular weight is 235 g/mol. The highest BCUT2D eigenvalue weighted by Crippen LogP contribution is 2.61. The summed E-state index contributed by atoms with van der Waals surface area (Å²) in [6, 6.07) is 0. The second-order valence-corrected chi connectivity index (χ2v) is 6.48. The smallest absolute Gasteiger partial charge is 0.191 e. The van der Waals surface area contributed by atoms with E-state index in [1.807, 2.05) is 0 Å². The molecule has 1 saturated heterocycles. The second kappa shape index (κ2) is 4.18. The second-order valence-electron chi connectivity index (χ2n) is 6.48. The van der Waals surface area contributed by atoms with E-state index in [1.54, 1.807) is 0 Å². The van der Waals surface area contributed by atoms with Crippen LogP contribution in [0.15, 0.2) is 4.99 Å². The maximum Gasteiger partial charge on any atom is 0.191 e. The van der Waals surface area contributed by atoms with Crippen molar-refractivity contribution in [3.63, 3.8) is 0 Å². The Morgan fingerprint density at radius 1 is 1.24 bits per heavy atom. The monoisotopic (exact) mass is 235 g/mol. The summed E-state index contributed by atoms with van der Waals surface area (Å²) >= 11 is 0. The van der Waals surface area contributed by atoms with Crippen LogP contribution in [0.3, 0.4) is 0 Å². The highest BCUT2D eigenvalue weighted by Gasteiger charge is 2.53. The maximum absolute atomic E-state index is 6.13. The van der Waals surface area contributed by atoms with Gasteiger partial charge in [0.2, 0.25) is 0 Å². The van der Waals surface area contributed by atoms with Crippen LogP contribution >= 0.6 is 0 Å². The molecule has 0 bridgehead atoms. The zero-order valence-corrected chi connectivity index (χ0v) is 11.0. The van der Waals surface area contributed by atoms with Crippen LogP contribution in [0.1, 0.15) is 45.4 Å². The van der Waals surface area contributed by atoms with Crippen LogP contribution in [-0.2, 0) is 0 Å². The first-order valence-corrected chi connectivity index (χ1v) is 7.24. The summed E-state index contributed by atoms with van der Waals surface area (Å²) in [6.07, 6.45) is 8.21. The van der Waals surface area contributed by atoms with E-state index in [4.69, 9.17) is 5.73 Å². The highest BCUT2D eigenvalue weighted by molar-refractivity contribution is 5.78. The summed E-state index contributed by atoms with van der Waals surface area (Å²) in [7, 11) is 0. The average Bonchev–Trinajstić information content (AvgIpc) is 3.17. The summed E-state index contributed by atoms with van der Waals surface area (Å²) in [4.78, 5) is 6.97. The van der Waals surface area contributed by atoms with Crippen LogP contribution < -0.4 is 5.73 Å². The van der Waals surface area contributed by atoms with Crippen LogP contribution in [-0.4, -0.2) is 30.5 Å². The van der Waals surface area contributed by atoms with Gasteiger partial charge in [0.1, 0.15) is 0 Å². The van der Waals surface area contributed by atoms with Crippen molar-refractivity contribution in [2.24, 2.45) is 28.0 Å². The zero-order valence-electron chi connectivity index (χ0n) is 11.0. The molecule has 0 aromatic rings. The molecule has 3 aliphatic rings. The third-order valence-electron chi connectivity index (χ3n) is 5.00. The lowest BCUT2D eigenvalue weighted by molar-refractivity contribution is 0.277. The molecule has 2 saturated carbocycles. The van der Waals surface area contributed by atoms with Crippen molar-refractivity contribution in [3.05, 3.63) is 0 Å². The largest absolute Gasteiger partial charge is 0.370 e. The summed E-state index contributed by atoms with van der Waals surface area (Å²) < 4.78 is 0. The molecule has 3 nitrogen and oxygen atoms in total. The standard InChI is InChI=1S/C14H25N3/c1-11-4-8-17(9-5-11)13(15)16-10-14(6-7-14)12-2-3-12/h11-12H,2-10H2,1H3,(H2,15,16). The molecular weight excluding hydrogens is 210 g/mol. The molecule has 1 heterocycles. The Balaban J connectivity index is 1.53. The third-order valence-corrected chi connectivity index (χ3v) is 5.00. The van der Waals surface area contributed by atoms with Gasteiger partial charge >= 0.3 is 0 Å². The minimum Gasteiger partial charge on any atom is -0.370 e. The Bertz CT molecular complexity index is 307. The fourth-order valence-electron chi connectivity index (χ4n) is 3.13. The van der Waals surface area contributed by atoms with Crippen molar-refractivity contribution < 1.29 is 0 Å². The number of piperidine rings is 1. The van der Waals surface area contributed by atoms with Crippen LogP contribution in [0.2, 0.25) is 0 Å². The number of hydrogen-bond donors (Lipinski definition) is 1. The van der Waals surface area contributed by atoms with E-state index in [9.17, 15) is 0 Å². The lowest BCUT2D eigenvalue weighted by Gasteiger charge is -2.31. The number of guanidine groups is 1. The van der Waals surface area contributed by atoms with Gasteiger partial charge in [-0.3, -0.25) is 4.99 Å². The maximum atomic E-state index is 6.13. The first-order valence-electron chi connectivity index (χ1n) is 7.24. The van der Waals surface area contributed by atoms with Crippen molar-refractivity contribution in [2.45, 2.75) is 45.4 Å². The molecule has 96 valence electrons. The van der Waals surface area contributed by atoms with Crippen LogP contribution in [0, 0.1) is 17.3 Å². The van der Waals surface area contributed by atoms with Gasteiger partial charge in [0, 0.05) is 19.6 Å². The van der Waals surface area contributed by atoms with Gasteiger partial charge < -0.3 is 10.6 Å². The van der Waals surface area contributed by atoms with Crippen LogP contribution in [0.4, 0.5) is 0 Å². The first-order chi connectivity index (χ1) is 8.20. The lowest BCUT2D eigenvalue weighted by atomic mass is 9.99. The van der Waals surface area contributed by atoms with Crippen LogP contribution in [0.25, 0.3) is 0 Å². The zero-order chi connectivity index (χ0) is 11.9.